The molecule has 33 heavy (non-hydrogen) atoms. The lowest BCUT2D eigenvalue weighted by Crippen LogP contribution is -2.65. The van der Waals surface area contributed by atoms with Gasteiger partial charge >= 0.3 is 6.03 Å². The number of likely N-dealkylation sites (N-methyl/N-ethyl adjacent to an activating group) is 1. The van der Waals surface area contributed by atoms with Crippen LogP contribution in [0.3, 0.4) is 0 Å². The molecular weight excluding hydrogens is 444 g/mol. The van der Waals surface area contributed by atoms with Gasteiger partial charge in [0, 0.05) is 23.8 Å². The molecule has 1 fully saturated rings. The predicted molar refractivity (Wildman–Crippen MR) is 124 cm³/mol. The molecule has 168 valence electrons. The molecule has 1 saturated heterocycles. The molecule has 0 saturated carbocycles. The van der Waals surface area contributed by atoms with E-state index >= 15 is 0 Å². The van der Waals surface area contributed by atoms with Crippen LogP contribution in [-0.4, -0.2) is 64.3 Å². The number of rotatable bonds is 4. The van der Waals surface area contributed by atoms with Crippen molar-refractivity contribution in [3.63, 3.8) is 0 Å². The zero-order valence-corrected chi connectivity index (χ0v) is 18.7. The van der Waals surface area contributed by atoms with E-state index in [9.17, 15) is 14.4 Å². The van der Waals surface area contributed by atoms with Gasteiger partial charge in [0.15, 0.2) is 12.2 Å². The van der Waals surface area contributed by atoms with Crippen LogP contribution in [0.1, 0.15) is 11.1 Å². The van der Waals surface area contributed by atoms with Crippen LogP contribution in [-0.2, 0) is 9.59 Å². The number of nitrogens with two attached hydrogens (primary N) is 1. The summed E-state index contributed by atoms with van der Waals surface area (Å²) in [7, 11) is 1.56. The smallest absolute Gasteiger partial charge is 0.328 e. The molecule has 10 heteroatoms. The van der Waals surface area contributed by atoms with Gasteiger partial charge in [0.25, 0.3) is 5.91 Å². The van der Waals surface area contributed by atoms with Crippen LogP contribution < -0.4 is 10.6 Å². The number of imide groups is 1. The van der Waals surface area contributed by atoms with E-state index in [0.29, 0.717) is 11.0 Å². The van der Waals surface area contributed by atoms with Crippen LogP contribution in [0.5, 0.6) is 0 Å². The molecule has 2 atom stereocenters. The molecule has 3 aliphatic heterocycles. The molecule has 5 rings (SSSR count). The zero-order chi connectivity index (χ0) is 23.4. The number of guanidine groups is 1. The summed E-state index contributed by atoms with van der Waals surface area (Å²) in [4.78, 5) is 48.2. The maximum absolute atomic E-state index is 13.3. The predicted octanol–water partition coefficient (Wildman–Crippen LogP) is 2.21. The summed E-state index contributed by atoms with van der Waals surface area (Å²) in [6, 6.07) is 14.0. The molecule has 2 aromatic rings. The van der Waals surface area contributed by atoms with Gasteiger partial charge in [-0.05, 0) is 24.6 Å². The number of urea groups is 1. The zero-order valence-electron chi connectivity index (χ0n) is 18.0. The molecule has 2 N–H and O–H groups in total. The Morgan fingerprint density at radius 3 is 2.55 bits per heavy atom. The summed E-state index contributed by atoms with van der Waals surface area (Å²) >= 11 is 6.43. The fraction of sp³-hybridized carbons (Fsp3) is 0.217. The highest BCUT2D eigenvalue weighted by molar-refractivity contribution is 6.32. The first kappa shape index (κ1) is 21.0. The second-order valence-electron chi connectivity index (χ2n) is 8.13. The van der Waals surface area contributed by atoms with Crippen molar-refractivity contribution in [2.45, 2.75) is 19.1 Å². The minimum absolute atomic E-state index is 0.485. The van der Waals surface area contributed by atoms with Gasteiger partial charge in [-0.2, -0.15) is 0 Å². The van der Waals surface area contributed by atoms with E-state index in [-0.39, 0.29) is 0 Å². The lowest BCUT2D eigenvalue weighted by Gasteiger charge is -2.39. The number of primary amides is 1. The molecule has 2 aromatic carbocycles. The van der Waals surface area contributed by atoms with Crippen molar-refractivity contribution in [2.75, 3.05) is 18.5 Å². The summed E-state index contributed by atoms with van der Waals surface area (Å²) in [5, 5.41) is 0.602. The minimum atomic E-state index is -0.813. The number of hydrogen-bond acceptors (Lipinski definition) is 6. The van der Waals surface area contributed by atoms with Crippen molar-refractivity contribution in [3.05, 3.63) is 70.9 Å². The van der Waals surface area contributed by atoms with Gasteiger partial charge < -0.3 is 10.6 Å². The summed E-state index contributed by atoms with van der Waals surface area (Å²) < 4.78 is 0. The monoisotopic (exact) mass is 464 g/mol. The van der Waals surface area contributed by atoms with Crippen molar-refractivity contribution in [1.82, 2.24) is 14.7 Å². The lowest BCUT2D eigenvalue weighted by molar-refractivity contribution is -0.139. The normalized spacial score (nSPS) is 21.8. The highest BCUT2D eigenvalue weighted by Crippen LogP contribution is 2.40. The molecule has 3 aliphatic rings. The van der Waals surface area contributed by atoms with E-state index in [1.54, 1.807) is 11.9 Å². The first-order valence-electron chi connectivity index (χ1n) is 10.3. The Balaban J connectivity index is 1.62. The minimum Gasteiger partial charge on any atom is -0.368 e. The molecule has 2 unspecified atom stereocenters. The number of halogens is 1. The Labute approximate surface area is 195 Å². The van der Waals surface area contributed by atoms with Crippen LogP contribution in [0.4, 0.5) is 10.5 Å². The van der Waals surface area contributed by atoms with Crippen molar-refractivity contribution < 1.29 is 14.4 Å². The van der Waals surface area contributed by atoms with Crippen molar-refractivity contribution in [2.24, 2.45) is 10.7 Å². The Morgan fingerprint density at radius 2 is 1.88 bits per heavy atom. The van der Waals surface area contributed by atoms with Gasteiger partial charge in [0.05, 0.1) is 11.4 Å². The summed E-state index contributed by atoms with van der Waals surface area (Å²) in [6.07, 6.45) is 1.11. The fourth-order valence-corrected chi connectivity index (χ4v) is 4.50. The Morgan fingerprint density at radius 1 is 1.15 bits per heavy atom. The molecule has 0 aliphatic carbocycles. The third kappa shape index (κ3) is 3.23. The maximum atomic E-state index is 13.3. The first-order chi connectivity index (χ1) is 15.8. The number of nitrogens with zero attached hydrogens (tertiary/aromatic N) is 5. The highest BCUT2D eigenvalue weighted by Gasteiger charge is 2.55. The van der Waals surface area contributed by atoms with E-state index < -0.39 is 36.6 Å². The summed E-state index contributed by atoms with van der Waals surface area (Å²) in [6.45, 7) is 1.44. The van der Waals surface area contributed by atoms with Crippen LogP contribution >= 0.6 is 11.6 Å². The Bertz CT molecular complexity index is 1240. The van der Waals surface area contributed by atoms with E-state index in [1.165, 1.54) is 4.90 Å². The van der Waals surface area contributed by atoms with Gasteiger partial charge in [-0.15, -0.1) is 0 Å². The highest BCUT2D eigenvalue weighted by atomic mass is 35.5. The molecule has 3 heterocycles. The van der Waals surface area contributed by atoms with E-state index in [0.717, 1.165) is 27.4 Å². The van der Waals surface area contributed by atoms with Gasteiger partial charge in [-0.3, -0.25) is 24.3 Å². The van der Waals surface area contributed by atoms with Gasteiger partial charge in [-0.25, -0.2) is 9.79 Å². The number of benzene rings is 2. The molecule has 0 bridgehead atoms. The summed E-state index contributed by atoms with van der Waals surface area (Å²) in [5.74, 6) is -0.786. The van der Waals surface area contributed by atoms with Crippen LogP contribution in [0.15, 0.2) is 59.7 Å². The van der Waals surface area contributed by atoms with Crippen LogP contribution in [0.2, 0.25) is 5.02 Å². The Kier molecular flexibility index (Phi) is 4.86. The molecule has 4 amide bonds. The number of aryl methyl sites for hydroxylation is 1. The van der Waals surface area contributed by atoms with Crippen molar-refractivity contribution in [1.29, 1.82) is 0 Å². The van der Waals surface area contributed by atoms with Crippen molar-refractivity contribution in [3.8, 4) is 0 Å². The average Bonchev–Trinajstić information content (AvgIpc) is 3.34. The van der Waals surface area contributed by atoms with E-state index in [2.05, 4.69) is 0 Å². The number of aliphatic imine (C=N–C) groups is 1. The van der Waals surface area contributed by atoms with Crippen LogP contribution in [0.25, 0.3) is 5.70 Å². The second kappa shape index (κ2) is 7.63. The van der Waals surface area contributed by atoms with E-state index in [4.69, 9.17) is 22.3 Å². The first-order valence-corrected chi connectivity index (χ1v) is 10.7. The molecule has 0 aromatic heterocycles. The van der Waals surface area contributed by atoms with E-state index in [1.807, 2.05) is 66.6 Å². The van der Waals surface area contributed by atoms with Crippen LogP contribution in [0, 0.1) is 6.92 Å². The quantitative estimate of drug-likeness (QED) is 0.747. The Hall–Kier alpha value is -3.85. The fourth-order valence-electron chi connectivity index (χ4n) is 4.32. The number of anilines is 1. The summed E-state index contributed by atoms with van der Waals surface area (Å²) in [5.41, 5.74) is 8.72. The number of fused-ring (bicyclic) bond motifs is 3. The SMILES string of the molecule is Cc1ccc(N2C(c3ccccc3)=CN3C2=NC2C3C(=O)N(CC(N)=O)C(=O)N2C)cc1Cl. The van der Waals surface area contributed by atoms with Gasteiger partial charge in [0.2, 0.25) is 11.9 Å². The van der Waals surface area contributed by atoms with Gasteiger partial charge in [0.1, 0.15) is 6.54 Å². The average molecular weight is 465 g/mol. The van der Waals surface area contributed by atoms with Crippen molar-refractivity contribution >= 4 is 46.8 Å². The number of amides is 4. The largest absolute Gasteiger partial charge is 0.368 e. The van der Waals surface area contributed by atoms with Gasteiger partial charge in [-0.1, -0.05) is 48.0 Å². The third-order valence-electron chi connectivity index (χ3n) is 6.01. The molecule has 0 spiro atoms. The lowest BCUT2D eigenvalue weighted by atomic mass is 10.1. The molecule has 0 radical (unpaired) electrons. The number of hydrogen-bond donors (Lipinski definition) is 1. The standard InChI is InChI=1S/C23H21ClN6O3/c1-13-8-9-15(10-16(13)24)30-17(14-6-4-3-5-7-14)11-28-19-20(26-22(28)30)27(2)23(33)29(21(19)32)12-18(25)31/h3-11,19-20H,12H2,1-2H3,(H2,25,31). The third-order valence-corrected chi connectivity index (χ3v) is 6.42. The maximum Gasteiger partial charge on any atom is 0.328 e. The number of carbonyl (C=O) groups excluding carboxylic acids is 3. The second-order valence-corrected chi connectivity index (χ2v) is 8.54. The topological polar surface area (TPSA) is 103 Å². The number of carbonyl (C=O) groups is 3. The molecule has 9 nitrogen and oxygen atoms in total. The molecular formula is C23H21ClN6O3.